The van der Waals surface area contributed by atoms with Crippen molar-refractivity contribution in [2.24, 2.45) is 0 Å². The van der Waals surface area contributed by atoms with Crippen LogP contribution in [0.3, 0.4) is 0 Å². The molecule has 0 spiro atoms. The smallest absolute Gasteiger partial charge is 0.230 e. The summed E-state index contributed by atoms with van der Waals surface area (Å²) in [6, 6.07) is 8.62. The molecule has 1 amide bonds. The minimum Gasteiger partial charge on any atom is -0.355 e. The minimum atomic E-state index is 0.0972. The number of imidazole rings is 1. The van der Waals surface area contributed by atoms with Crippen molar-refractivity contribution in [3.63, 3.8) is 0 Å². The van der Waals surface area contributed by atoms with Gasteiger partial charge >= 0.3 is 0 Å². The Bertz CT molecular complexity index is 900. The van der Waals surface area contributed by atoms with E-state index in [1.165, 1.54) is 37.0 Å². The molecular weight excluding hydrogens is 388 g/mol. The minimum absolute atomic E-state index is 0.0972. The third kappa shape index (κ3) is 4.75. The number of pyridine rings is 1. The van der Waals surface area contributed by atoms with Crippen molar-refractivity contribution in [1.82, 2.24) is 19.9 Å². The van der Waals surface area contributed by atoms with Crippen LogP contribution < -0.4 is 5.32 Å². The number of aromatic nitrogens is 3. The fraction of sp³-hybridized carbons (Fsp3) is 0.476. The Hall–Kier alpha value is -1.86. The molecule has 3 heterocycles. The molecule has 5 nitrogen and oxygen atoms in total. The first-order valence-corrected chi connectivity index (χ1v) is 12.0. The Morgan fingerprint density at radius 1 is 1.25 bits per heavy atom. The lowest BCUT2D eigenvalue weighted by atomic mass is 9.95. The molecule has 0 atom stereocenters. The number of thiophene rings is 1. The lowest BCUT2D eigenvalue weighted by molar-refractivity contribution is -0.118. The van der Waals surface area contributed by atoms with Gasteiger partial charge in [0.2, 0.25) is 5.91 Å². The van der Waals surface area contributed by atoms with Crippen molar-refractivity contribution >= 4 is 40.2 Å². The molecule has 28 heavy (non-hydrogen) atoms. The lowest BCUT2D eigenvalue weighted by Crippen LogP contribution is -2.27. The summed E-state index contributed by atoms with van der Waals surface area (Å²) in [7, 11) is 0. The molecule has 7 heteroatoms. The summed E-state index contributed by atoms with van der Waals surface area (Å²) in [6.45, 7) is 0.699. The Morgan fingerprint density at radius 2 is 2.14 bits per heavy atom. The van der Waals surface area contributed by atoms with Crippen LogP contribution in [0.5, 0.6) is 0 Å². The van der Waals surface area contributed by atoms with E-state index in [9.17, 15) is 4.79 Å². The fourth-order valence-electron chi connectivity index (χ4n) is 3.87. The zero-order valence-electron chi connectivity index (χ0n) is 16.0. The molecule has 3 aromatic rings. The van der Waals surface area contributed by atoms with Crippen LogP contribution >= 0.6 is 23.1 Å². The highest BCUT2D eigenvalue weighted by molar-refractivity contribution is 7.99. The largest absolute Gasteiger partial charge is 0.355 e. The van der Waals surface area contributed by atoms with E-state index in [1.54, 1.807) is 23.1 Å². The summed E-state index contributed by atoms with van der Waals surface area (Å²) in [5.74, 6) is 2.36. The van der Waals surface area contributed by atoms with E-state index in [2.05, 4.69) is 26.3 Å². The van der Waals surface area contributed by atoms with E-state index in [-0.39, 0.29) is 5.91 Å². The third-order valence-electron chi connectivity index (χ3n) is 5.20. The Labute approximate surface area is 174 Å². The molecule has 0 bridgehead atoms. The van der Waals surface area contributed by atoms with E-state index in [1.807, 2.05) is 24.4 Å². The molecule has 1 N–H and O–H groups in total. The molecular formula is C21H26N4OS2. The number of hydrogen-bond acceptors (Lipinski definition) is 5. The molecule has 0 aromatic carbocycles. The van der Waals surface area contributed by atoms with Gasteiger partial charge in [-0.05, 0) is 42.8 Å². The first-order chi connectivity index (χ1) is 13.8. The molecule has 0 saturated heterocycles. The SMILES string of the molecule is O=C(CSCc1nc2cccnc2n1C1CCCCC1)NCCc1cccs1. The first kappa shape index (κ1) is 19.5. The molecule has 148 valence electrons. The van der Waals surface area contributed by atoms with Gasteiger partial charge < -0.3 is 9.88 Å². The van der Waals surface area contributed by atoms with Crippen LogP contribution in [0, 0.1) is 0 Å². The van der Waals surface area contributed by atoms with Gasteiger partial charge in [0.05, 0.1) is 11.5 Å². The van der Waals surface area contributed by atoms with E-state index < -0.39 is 0 Å². The van der Waals surface area contributed by atoms with Gasteiger partial charge in [-0.3, -0.25) is 4.79 Å². The zero-order valence-corrected chi connectivity index (χ0v) is 17.6. The third-order valence-corrected chi connectivity index (χ3v) is 7.06. The maximum Gasteiger partial charge on any atom is 0.230 e. The Morgan fingerprint density at radius 3 is 2.96 bits per heavy atom. The quantitative estimate of drug-likeness (QED) is 0.586. The molecule has 4 rings (SSSR count). The topological polar surface area (TPSA) is 59.8 Å². The van der Waals surface area contributed by atoms with Crippen molar-refractivity contribution in [2.75, 3.05) is 12.3 Å². The summed E-state index contributed by atoms with van der Waals surface area (Å²) in [5.41, 5.74) is 1.95. The maximum absolute atomic E-state index is 12.2. The van der Waals surface area contributed by atoms with E-state index in [0.29, 0.717) is 18.3 Å². The average Bonchev–Trinajstić information content (AvgIpc) is 3.36. The standard InChI is InChI=1S/C21H26N4OS2/c26-20(22-12-10-17-8-5-13-28-17)15-27-14-19-24-18-9-4-11-23-21(18)25(19)16-6-2-1-3-7-16/h4-5,8-9,11,13,16H,1-3,6-7,10,12,14-15H2,(H,22,26). The van der Waals surface area contributed by atoms with Gasteiger partial charge in [-0.25, -0.2) is 9.97 Å². The molecule has 0 unspecified atom stereocenters. The molecule has 1 aliphatic carbocycles. The lowest BCUT2D eigenvalue weighted by Gasteiger charge is -2.25. The van der Waals surface area contributed by atoms with Crippen molar-refractivity contribution in [1.29, 1.82) is 0 Å². The van der Waals surface area contributed by atoms with Gasteiger partial charge in [0.1, 0.15) is 11.3 Å². The van der Waals surface area contributed by atoms with Gasteiger partial charge in [0.25, 0.3) is 0 Å². The monoisotopic (exact) mass is 414 g/mol. The summed E-state index contributed by atoms with van der Waals surface area (Å²) in [5, 5.41) is 5.09. The highest BCUT2D eigenvalue weighted by Gasteiger charge is 2.22. The van der Waals surface area contributed by atoms with Gasteiger partial charge in [0.15, 0.2) is 5.65 Å². The number of nitrogens with zero attached hydrogens (tertiary/aromatic N) is 3. The number of carbonyl (C=O) groups is 1. The maximum atomic E-state index is 12.2. The van der Waals surface area contributed by atoms with E-state index >= 15 is 0 Å². The van der Waals surface area contributed by atoms with Gasteiger partial charge in [-0.15, -0.1) is 23.1 Å². The predicted octanol–water partition coefficient (Wildman–Crippen LogP) is 4.59. The fourth-order valence-corrected chi connectivity index (χ4v) is 5.35. The average molecular weight is 415 g/mol. The van der Waals surface area contributed by atoms with Gasteiger partial charge in [0, 0.05) is 23.7 Å². The van der Waals surface area contributed by atoms with Crippen LogP contribution in [0.2, 0.25) is 0 Å². The van der Waals surface area contributed by atoms with Crippen molar-refractivity contribution < 1.29 is 4.79 Å². The summed E-state index contributed by atoms with van der Waals surface area (Å²) in [6.07, 6.45) is 9.02. The van der Waals surface area contributed by atoms with Crippen molar-refractivity contribution in [2.45, 2.75) is 50.3 Å². The van der Waals surface area contributed by atoms with Crippen LogP contribution in [0.25, 0.3) is 11.2 Å². The number of nitrogens with one attached hydrogen (secondary N) is 1. The Balaban J connectivity index is 1.34. The van der Waals surface area contributed by atoms with Crippen LogP contribution in [0.1, 0.15) is 48.8 Å². The zero-order chi connectivity index (χ0) is 19.2. The number of carbonyl (C=O) groups excluding carboxylic acids is 1. The molecule has 0 aliphatic heterocycles. The molecule has 3 aromatic heterocycles. The van der Waals surface area contributed by atoms with Crippen LogP contribution in [-0.2, 0) is 17.0 Å². The second-order valence-electron chi connectivity index (χ2n) is 7.21. The number of rotatable bonds is 8. The summed E-state index contributed by atoms with van der Waals surface area (Å²) >= 11 is 3.37. The molecule has 0 radical (unpaired) electrons. The highest BCUT2D eigenvalue weighted by Crippen LogP contribution is 2.32. The van der Waals surface area contributed by atoms with Crippen LogP contribution in [0.15, 0.2) is 35.8 Å². The van der Waals surface area contributed by atoms with Crippen LogP contribution in [-0.4, -0.2) is 32.7 Å². The number of fused-ring (bicyclic) bond motifs is 1. The van der Waals surface area contributed by atoms with Gasteiger partial charge in [-0.1, -0.05) is 25.3 Å². The highest BCUT2D eigenvalue weighted by atomic mass is 32.2. The second-order valence-corrected chi connectivity index (χ2v) is 9.23. The van der Waals surface area contributed by atoms with Crippen molar-refractivity contribution in [3.8, 4) is 0 Å². The van der Waals surface area contributed by atoms with Crippen molar-refractivity contribution in [3.05, 3.63) is 46.5 Å². The van der Waals surface area contributed by atoms with E-state index in [0.717, 1.165) is 29.2 Å². The number of amides is 1. The molecule has 1 fully saturated rings. The number of hydrogen-bond donors (Lipinski definition) is 1. The summed E-state index contributed by atoms with van der Waals surface area (Å²) in [4.78, 5) is 22.9. The normalized spacial score (nSPS) is 15.1. The molecule has 1 saturated carbocycles. The Kier molecular flexibility index (Phi) is 6.65. The van der Waals surface area contributed by atoms with E-state index in [4.69, 9.17) is 4.98 Å². The second kappa shape index (κ2) is 9.56. The predicted molar refractivity (Wildman–Crippen MR) is 117 cm³/mol. The van der Waals surface area contributed by atoms with Gasteiger partial charge in [-0.2, -0.15) is 0 Å². The number of thioether (sulfide) groups is 1. The van der Waals surface area contributed by atoms with Crippen LogP contribution in [0.4, 0.5) is 0 Å². The molecule has 1 aliphatic rings. The first-order valence-electron chi connectivity index (χ1n) is 10.00. The summed E-state index contributed by atoms with van der Waals surface area (Å²) < 4.78 is 2.34.